The van der Waals surface area contributed by atoms with Crippen LogP contribution in [-0.2, 0) is 11.2 Å². The highest BCUT2D eigenvalue weighted by atomic mass is 16.1. The second-order valence-electron chi connectivity index (χ2n) is 5.09. The molecule has 0 aromatic carbocycles. The van der Waals surface area contributed by atoms with Crippen LogP contribution in [0.1, 0.15) is 49.3 Å². The fourth-order valence-electron chi connectivity index (χ4n) is 3.30. The number of hydrogen-bond donors (Lipinski definition) is 0. The van der Waals surface area contributed by atoms with Gasteiger partial charge in [-0.2, -0.15) is 0 Å². The number of pyridine rings is 1. The second-order valence-corrected chi connectivity index (χ2v) is 5.09. The largest absolute Gasteiger partial charge is 0.300 e. The molecule has 1 aromatic heterocycles. The summed E-state index contributed by atoms with van der Waals surface area (Å²) >= 11 is 0. The maximum atomic E-state index is 11.5. The highest BCUT2D eigenvalue weighted by Gasteiger charge is 2.33. The minimum absolute atomic E-state index is 0.459. The standard InChI is InChI=1S/C14H17NO/c16-12-5-1-3-11(9-12)13-7-6-10-4-2-8-15-14(10)13/h2,4,8,11,13H,1,3,5-7,9H2. The van der Waals surface area contributed by atoms with Gasteiger partial charge in [-0.15, -0.1) is 0 Å². The van der Waals surface area contributed by atoms with E-state index in [1.807, 2.05) is 12.3 Å². The van der Waals surface area contributed by atoms with Crippen LogP contribution < -0.4 is 0 Å². The van der Waals surface area contributed by atoms with Crippen LogP contribution in [0.3, 0.4) is 0 Å². The van der Waals surface area contributed by atoms with E-state index in [9.17, 15) is 4.79 Å². The molecule has 0 spiro atoms. The molecule has 0 amide bonds. The Balaban J connectivity index is 1.84. The van der Waals surface area contributed by atoms with Gasteiger partial charge in [-0.3, -0.25) is 9.78 Å². The van der Waals surface area contributed by atoms with E-state index in [2.05, 4.69) is 11.1 Å². The fraction of sp³-hybridized carbons (Fsp3) is 0.571. The first-order valence-electron chi connectivity index (χ1n) is 6.30. The van der Waals surface area contributed by atoms with Crippen LogP contribution in [0.4, 0.5) is 0 Å². The van der Waals surface area contributed by atoms with E-state index >= 15 is 0 Å². The van der Waals surface area contributed by atoms with Gasteiger partial charge < -0.3 is 0 Å². The molecule has 84 valence electrons. The van der Waals surface area contributed by atoms with Gasteiger partial charge in [0.1, 0.15) is 5.78 Å². The quantitative estimate of drug-likeness (QED) is 0.721. The van der Waals surface area contributed by atoms with E-state index < -0.39 is 0 Å². The average Bonchev–Trinajstić information content (AvgIpc) is 2.72. The van der Waals surface area contributed by atoms with Crippen LogP contribution in [-0.4, -0.2) is 10.8 Å². The van der Waals surface area contributed by atoms with Gasteiger partial charge in [-0.1, -0.05) is 6.07 Å². The number of ketones is 1. The molecular formula is C14H17NO. The van der Waals surface area contributed by atoms with Crippen LogP contribution in [0.15, 0.2) is 18.3 Å². The molecule has 2 aliphatic carbocycles. The molecule has 0 N–H and O–H groups in total. The van der Waals surface area contributed by atoms with Crippen molar-refractivity contribution < 1.29 is 4.79 Å². The maximum Gasteiger partial charge on any atom is 0.133 e. The fourth-order valence-corrected chi connectivity index (χ4v) is 3.30. The third kappa shape index (κ3) is 1.66. The van der Waals surface area contributed by atoms with E-state index in [0.29, 0.717) is 17.6 Å². The minimum Gasteiger partial charge on any atom is -0.300 e. The van der Waals surface area contributed by atoms with Crippen molar-refractivity contribution in [3.63, 3.8) is 0 Å². The SMILES string of the molecule is O=C1CCCC(C2CCc3cccnc32)C1. The molecule has 2 atom stereocenters. The first-order chi connectivity index (χ1) is 7.84. The summed E-state index contributed by atoms with van der Waals surface area (Å²) in [6, 6.07) is 4.21. The summed E-state index contributed by atoms with van der Waals surface area (Å²) in [5, 5.41) is 0. The van der Waals surface area contributed by atoms with Gasteiger partial charge in [0.25, 0.3) is 0 Å². The van der Waals surface area contributed by atoms with Gasteiger partial charge in [0.2, 0.25) is 0 Å². The summed E-state index contributed by atoms with van der Waals surface area (Å²) in [5.41, 5.74) is 2.69. The Labute approximate surface area is 96.1 Å². The molecule has 1 saturated carbocycles. The maximum absolute atomic E-state index is 11.5. The van der Waals surface area contributed by atoms with Gasteiger partial charge >= 0.3 is 0 Å². The zero-order chi connectivity index (χ0) is 11.0. The number of carbonyl (C=O) groups excluding carboxylic acids is 1. The van der Waals surface area contributed by atoms with E-state index in [4.69, 9.17) is 0 Å². The zero-order valence-electron chi connectivity index (χ0n) is 9.48. The van der Waals surface area contributed by atoms with Crippen LogP contribution in [0.25, 0.3) is 0 Å². The Bertz CT molecular complexity index is 413. The van der Waals surface area contributed by atoms with E-state index in [1.165, 1.54) is 24.1 Å². The number of hydrogen-bond acceptors (Lipinski definition) is 2. The Morgan fingerprint density at radius 3 is 3.06 bits per heavy atom. The van der Waals surface area contributed by atoms with Crippen molar-refractivity contribution >= 4 is 5.78 Å². The number of rotatable bonds is 1. The summed E-state index contributed by atoms with van der Waals surface area (Å²) in [4.78, 5) is 16.1. The first-order valence-corrected chi connectivity index (χ1v) is 6.30. The predicted octanol–water partition coefficient (Wildman–Crippen LogP) is 2.87. The van der Waals surface area contributed by atoms with Crippen molar-refractivity contribution in [2.75, 3.05) is 0 Å². The second kappa shape index (κ2) is 4.00. The summed E-state index contributed by atoms with van der Waals surface area (Å²) in [7, 11) is 0. The number of carbonyl (C=O) groups is 1. The van der Waals surface area contributed by atoms with Crippen molar-refractivity contribution in [3.8, 4) is 0 Å². The van der Waals surface area contributed by atoms with Crippen molar-refractivity contribution in [2.24, 2.45) is 5.92 Å². The Kier molecular flexibility index (Phi) is 2.50. The molecule has 0 radical (unpaired) electrons. The summed E-state index contributed by atoms with van der Waals surface area (Å²) in [6.07, 6.45) is 8.14. The van der Waals surface area contributed by atoms with Gasteiger partial charge in [-0.25, -0.2) is 0 Å². The normalized spacial score (nSPS) is 29.1. The Morgan fingerprint density at radius 1 is 1.25 bits per heavy atom. The molecular weight excluding hydrogens is 198 g/mol. The molecule has 2 unspecified atom stereocenters. The molecule has 0 aliphatic heterocycles. The number of Topliss-reactive ketones (excluding diaryl/α,β-unsaturated/α-hetero) is 1. The predicted molar refractivity (Wildman–Crippen MR) is 62.3 cm³/mol. The van der Waals surface area contributed by atoms with Gasteiger partial charge in [0.05, 0.1) is 0 Å². The molecule has 0 saturated heterocycles. The topological polar surface area (TPSA) is 30.0 Å². The van der Waals surface area contributed by atoms with Gasteiger partial charge in [0, 0.05) is 30.7 Å². The first kappa shape index (κ1) is 10.0. The average molecular weight is 215 g/mol. The molecule has 3 rings (SSSR count). The van der Waals surface area contributed by atoms with Crippen molar-refractivity contribution in [2.45, 2.75) is 44.4 Å². The summed E-state index contributed by atoms with van der Waals surface area (Å²) in [6.45, 7) is 0. The van der Waals surface area contributed by atoms with Crippen LogP contribution in [0.2, 0.25) is 0 Å². The number of aryl methyl sites for hydroxylation is 1. The lowest BCUT2D eigenvalue weighted by molar-refractivity contribution is -0.121. The van der Waals surface area contributed by atoms with Crippen molar-refractivity contribution in [3.05, 3.63) is 29.6 Å². The minimum atomic E-state index is 0.459. The molecule has 2 aliphatic rings. The summed E-state index contributed by atoms with van der Waals surface area (Å²) in [5.74, 6) is 1.58. The lowest BCUT2D eigenvalue weighted by atomic mass is 9.78. The molecule has 2 nitrogen and oxygen atoms in total. The Morgan fingerprint density at radius 2 is 2.19 bits per heavy atom. The summed E-state index contributed by atoms with van der Waals surface area (Å²) < 4.78 is 0. The van der Waals surface area contributed by atoms with E-state index in [-0.39, 0.29) is 0 Å². The van der Waals surface area contributed by atoms with Crippen molar-refractivity contribution in [1.82, 2.24) is 4.98 Å². The van der Waals surface area contributed by atoms with Crippen LogP contribution >= 0.6 is 0 Å². The molecule has 1 fully saturated rings. The monoisotopic (exact) mass is 215 g/mol. The molecule has 16 heavy (non-hydrogen) atoms. The smallest absolute Gasteiger partial charge is 0.133 e. The van der Waals surface area contributed by atoms with Crippen LogP contribution in [0.5, 0.6) is 0 Å². The van der Waals surface area contributed by atoms with Gasteiger partial charge in [-0.05, 0) is 43.2 Å². The molecule has 1 heterocycles. The number of aromatic nitrogens is 1. The third-order valence-electron chi connectivity index (χ3n) is 4.09. The lowest BCUT2D eigenvalue weighted by Gasteiger charge is -2.26. The van der Waals surface area contributed by atoms with E-state index in [1.54, 1.807) is 0 Å². The van der Waals surface area contributed by atoms with E-state index in [0.717, 1.165) is 25.7 Å². The number of fused-ring (bicyclic) bond motifs is 1. The zero-order valence-corrected chi connectivity index (χ0v) is 9.48. The Hall–Kier alpha value is -1.18. The lowest BCUT2D eigenvalue weighted by Crippen LogP contribution is -2.20. The molecule has 1 aromatic rings. The van der Waals surface area contributed by atoms with Crippen LogP contribution in [0, 0.1) is 5.92 Å². The van der Waals surface area contributed by atoms with Gasteiger partial charge in [0.15, 0.2) is 0 Å². The molecule has 0 bridgehead atoms. The molecule has 2 heteroatoms. The third-order valence-corrected chi connectivity index (χ3v) is 4.09. The highest BCUT2D eigenvalue weighted by Crippen LogP contribution is 2.42. The van der Waals surface area contributed by atoms with Crippen molar-refractivity contribution in [1.29, 1.82) is 0 Å². The highest BCUT2D eigenvalue weighted by molar-refractivity contribution is 5.79. The number of nitrogens with zero attached hydrogens (tertiary/aromatic N) is 1.